The molecule has 3 atom stereocenters. The van der Waals surface area contributed by atoms with Crippen LogP contribution in [0.1, 0.15) is 23.9 Å². The Balaban J connectivity index is 0.997. The van der Waals surface area contributed by atoms with Crippen LogP contribution in [0, 0.1) is 0 Å². The van der Waals surface area contributed by atoms with E-state index in [-0.39, 0.29) is 18.0 Å². The van der Waals surface area contributed by atoms with Crippen LogP contribution >= 0.6 is 0 Å². The first kappa shape index (κ1) is 35.5. The molecule has 0 amide bonds. The Morgan fingerprint density at radius 2 is 0.938 bits per heavy atom. The van der Waals surface area contributed by atoms with Gasteiger partial charge in [-0.25, -0.2) is 0 Å². The van der Waals surface area contributed by atoms with E-state index in [1.165, 1.54) is 105 Å². The SMILES string of the molecule is C1=CCC(n2c3ccccc3c3cc4c(cc32)c2ccccc2n4-c2ccccc2-c2ccccc2N2c3cc4c5ccccc5n(-c5ccccc5)c4cc3C3C=CC=CC32)C=C1. The largest absolute Gasteiger partial charge is 0.333 e. The number of fused-ring (bicyclic) bond motifs is 12. The van der Waals surface area contributed by atoms with Gasteiger partial charge in [0.2, 0.25) is 0 Å². The third-order valence-corrected chi connectivity index (χ3v) is 14.2. The first-order chi connectivity index (χ1) is 31.8. The summed E-state index contributed by atoms with van der Waals surface area (Å²) < 4.78 is 7.53. The average Bonchev–Trinajstić information content (AvgIpc) is 4.07. The highest BCUT2D eigenvalue weighted by Crippen LogP contribution is 2.53. The van der Waals surface area contributed by atoms with Crippen LogP contribution in [0.3, 0.4) is 0 Å². The lowest BCUT2D eigenvalue weighted by molar-refractivity contribution is 0.648. The topological polar surface area (TPSA) is 18.0 Å². The van der Waals surface area contributed by atoms with Gasteiger partial charge < -0.3 is 18.6 Å². The molecule has 0 saturated carbocycles. The van der Waals surface area contributed by atoms with E-state index in [1.54, 1.807) is 0 Å². The average molecular weight is 819 g/mol. The summed E-state index contributed by atoms with van der Waals surface area (Å²) in [4.78, 5) is 2.62. The molecule has 3 unspecified atom stereocenters. The van der Waals surface area contributed by atoms with Crippen LogP contribution in [0.4, 0.5) is 11.4 Å². The monoisotopic (exact) mass is 818 g/mol. The summed E-state index contributed by atoms with van der Waals surface area (Å²) in [6.07, 6.45) is 19.2. The van der Waals surface area contributed by atoms with Gasteiger partial charge in [0.1, 0.15) is 0 Å². The van der Waals surface area contributed by atoms with Crippen molar-refractivity contribution < 1.29 is 0 Å². The number of anilines is 2. The van der Waals surface area contributed by atoms with Gasteiger partial charge in [0.05, 0.1) is 45.4 Å². The lowest BCUT2D eigenvalue weighted by Crippen LogP contribution is -2.29. The van der Waals surface area contributed by atoms with Crippen LogP contribution in [0.5, 0.6) is 0 Å². The number of hydrogen-bond donors (Lipinski definition) is 0. The molecule has 4 nitrogen and oxygen atoms in total. The van der Waals surface area contributed by atoms with Crippen molar-refractivity contribution in [3.8, 4) is 22.5 Å². The molecule has 0 spiro atoms. The van der Waals surface area contributed by atoms with Gasteiger partial charge in [-0.3, -0.25) is 0 Å². The Labute approximate surface area is 370 Å². The summed E-state index contributed by atoms with van der Waals surface area (Å²) in [6, 6.07) is 66.0. The fraction of sp³-hybridized carbons (Fsp3) is 0.0667. The standard InChI is InChI=1S/C60H42N4/c1-3-19-39(20-4-1)61-51-29-13-9-25-43(51)47-37-59-49(35-57(47)61)45-27-11-17-33-55(45)63(59)53-31-15-7-23-41(53)42-24-8-16-32-54(42)64-56-34-18-12-28-46(56)50-36-58-48(38-60(50)64)44-26-10-14-30-52(44)62(58)40-21-5-2-6-22-40/h1-21,23-38,40,45,55H,22H2. The Bertz CT molecular complexity index is 3850. The quantitative estimate of drug-likeness (QED) is 0.169. The summed E-state index contributed by atoms with van der Waals surface area (Å²) in [7, 11) is 0. The molecule has 4 heteroatoms. The summed E-state index contributed by atoms with van der Waals surface area (Å²) >= 11 is 0. The Morgan fingerprint density at radius 1 is 0.375 bits per heavy atom. The van der Waals surface area contributed by atoms with E-state index < -0.39 is 0 Å². The predicted octanol–water partition coefficient (Wildman–Crippen LogP) is 15.4. The van der Waals surface area contributed by atoms with Crippen LogP contribution in [0.25, 0.3) is 87.9 Å². The summed E-state index contributed by atoms with van der Waals surface area (Å²) in [5.41, 5.74) is 16.0. The molecule has 3 aliphatic rings. The van der Waals surface area contributed by atoms with Crippen molar-refractivity contribution in [1.29, 1.82) is 0 Å². The lowest BCUT2D eigenvalue weighted by atomic mass is 9.90. The maximum Gasteiger partial charge on any atom is 0.0629 e. The highest BCUT2D eigenvalue weighted by Gasteiger charge is 2.39. The fourth-order valence-corrected chi connectivity index (χ4v) is 11.6. The molecule has 11 aromatic rings. The van der Waals surface area contributed by atoms with E-state index in [4.69, 9.17) is 0 Å². The van der Waals surface area contributed by atoms with E-state index in [2.05, 4.69) is 243 Å². The molecule has 2 aliphatic carbocycles. The Kier molecular flexibility index (Phi) is 7.61. The van der Waals surface area contributed by atoms with E-state index >= 15 is 0 Å². The zero-order valence-electron chi connectivity index (χ0n) is 35.1. The minimum absolute atomic E-state index is 0.129. The minimum Gasteiger partial charge on any atom is -0.333 e. The Hall–Kier alpha value is -8.08. The van der Waals surface area contributed by atoms with Gasteiger partial charge in [-0.15, -0.1) is 0 Å². The molecule has 0 radical (unpaired) electrons. The summed E-state index contributed by atoms with van der Waals surface area (Å²) in [5, 5.41) is 7.62. The molecule has 0 fully saturated rings. The molecule has 14 rings (SSSR count). The van der Waals surface area contributed by atoms with Crippen molar-refractivity contribution in [2.45, 2.75) is 24.4 Å². The molecule has 1 aliphatic heterocycles. The van der Waals surface area contributed by atoms with Crippen LogP contribution in [-0.4, -0.2) is 19.7 Å². The smallest absolute Gasteiger partial charge is 0.0629 e. The number of allylic oxidation sites excluding steroid dienone is 6. The van der Waals surface area contributed by atoms with Crippen molar-refractivity contribution in [1.82, 2.24) is 13.7 Å². The van der Waals surface area contributed by atoms with Gasteiger partial charge >= 0.3 is 0 Å². The first-order valence-electron chi connectivity index (χ1n) is 22.5. The lowest BCUT2D eigenvalue weighted by Gasteiger charge is -2.31. The zero-order chi connectivity index (χ0) is 41.9. The maximum absolute atomic E-state index is 2.62. The van der Waals surface area contributed by atoms with Crippen molar-refractivity contribution in [3.05, 3.63) is 230 Å². The van der Waals surface area contributed by atoms with E-state index in [1.807, 2.05) is 0 Å². The molecule has 0 bridgehead atoms. The molecule has 8 aromatic carbocycles. The normalized spacial score (nSPS) is 17.8. The number of nitrogens with zero attached hydrogens (tertiary/aromatic N) is 4. The van der Waals surface area contributed by atoms with Crippen molar-refractivity contribution in [2.24, 2.45) is 0 Å². The second kappa shape index (κ2) is 13.7. The van der Waals surface area contributed by atoms with Gasteiger partial charge in [-0.1, -0.05) is 158 Å². The molecule has 0 saturated heterocycles. The van der Waals surface area contributed by atoms with Crippen molar-refractivity contribution in [3.63, 3.8) is 0 Å². The molecule has 64 heavy (non-hydrogen) atoms. The van der Waals surface area contributed by atoms with Gasteiger partial charge in [0, 0.05) is 71.9 Å². The minimum atomic E-state index is 0.129. The first-order valence-corrected chi connectivity index (χ1v) is 22.5. The van der Waals surface area contributed by atoms with Gasteiger partial charge in [0.15, 0.2) is 0 Å². The molecule has 302 valence electrons. The number of hydrogen-bond acceptors (Lipinski definition) is 1. The van der Waals surface area contributed by atoms with Crippen LogP contribution in [0.2, 0.25) is 0 Å². The Morgan fingerprint density at radius 3 is 1.70 bits per heavy atom. The predicted molar refractivity (Wildman–Crippen MR) is 269 cm³/mol. The van der Waals surface area contributed by atoms with Crippen LogP contribution in [0.15, 0.2) is 225 Å². The number of aromatic nitrogens is 3. The van der Waals surface area contributed by atoms with Gasteiger partial charge in [-0.2, -0.15) is 0 Å². The van der Waals surface area contributed by atoms with E-state index in [0.717, 1.165) is 6.42 Å². The van der Waals surface area contributed by atoms with Crippen molar-refractivity contribution in [2.75, 3.05) is 4.90 Å². The second-order valence-electron chi connectivity index (χ2n) is 17.5. The third-order valence-electron chi connectivity index (χ3n) is 14.2. The van der Waals surface area contributed by atoms with Gasteiger partial charge in [-0.05, 0) is 78.7 Å². The van der Waals surface area contributed by atoms with Crippen molar-refractivity contribution >= 4 is 76.8 Å². The third kappa shape index (κ3) is 4.99. The molecular weight excluding hydrogens is 777 g/mol. The molecular formula is C60H42N4. The molecule has 4 heterocycles. The van der Waals surface area contributed by atoms with E-state index in [0.29, 0.717) is 0 Å². The summed E-state index contributed by atoms with van der Waals surface area (Å²) in [6.45, 7) is 0. The zero-order valence-corrected chi connectivity index (χ0v) is 35.1. The highest BCUT2D eigenvalue weighted by molar-refractivity contribution is 6.19. The molecule has 3 aromatic heterocycles. The number of para-hydroxylation sites is 6. The van der Waals surface area contributed by atoms with Gasteiger partial charge in [0.25, 0.3) is 0 Å². The molecule has 0 N–H and O–H groups in total. The van der Waals surface area contributed by atoms with Crippen LogP contribution < -0.4 is 4.90 Å². The van der Waals surface area contributed by atoms with Crippen LogP contribution in [-0.2, 0) is 0 Å². The maximum atomic E-state index is 2.62. The highest BCUT2D eigenvalue weighted by atomic mass is 15.2. The van der Waals surface area contributed by atoms with E-state index in [9.17, 15) is 0 Å². The number of benzene rings is 8. The fourth-order valence-electron chi connectivity index (χ4n) is 11.6. The second-order valence-corrected chi connectivity index (χ2v) is 17.5. The number of rotatable bonds is 5. The summed E-state index contributed by atoms with van der Waals surface area (Å²) in [5.74, 6) is 0.205.